The smallest absolute Gasteiger partial charge is 0.273 e. The van der Waals surface area contributed by atoms with Crippen molar-refractivity contribution in [2.45, 2.75) is 35.7 Å². The van der Waals surface area contributed by atoms with Crippen LogP contribution in [-0.2, 0) is 19.9 Å². The zero-order valence-electron chi connectivity index (χ0n) is 15.6. The van der Waals surface area contributed by atoms with Crippen LogP contribution in [0.5, 0.6) is 0 Å². The van der Waals surface area contributed by atoms with Crippen molar-refractivity contribution in [1.82, 2.24) is 24.6 Å². The number of carbonyl (C=O) groups is 1. The van der Waals surface area contributed by atoms with E-state index in [1.165, 1.54) is 34.8 Å². The van der Waals surface area contributed by atoms with Crippen molar-refractivity contribution in [1.29, 1.82) is 0 Å². The van der Waals surface area contributed by atoms with Crippen LogP contribution in [0.4, 0.5) is 0 Å². The maximum atomic E-state index is 13.2. The summed E-state index contributed by atoms with van der Waals surface area (Å²) in [7, 11) is -7.81. The molecule has 0 spiro atoms. The van der Waals surface area contributed by atoms with E-state index in [9.17, 15) is 21.6 Å². The summed E-state index contributed by atoms with van der Waals surface area (Å²) < 4.78 is 51.8. The monoisotopic (exact) mass is 427 g/mol. The predicted octanol–water partition coefficient (Wildman–Crippen LogP) is 0.132. The van der Waals surface area contributed by atoms with Crippen LogP contribution in [0.25, 0.3) is 0 Å². The number of rotatable bonds is 4. The molecule has 152 valence electrons. The molecule has 0 unspecified atom stereocenters. The fourth-order valence-electron chi connectivity index (χ4n) is 3.26. The summed E-state index contributed by atoms with van der Waals surface area (Å²) in [5, 5.41) is 9.63. The number of piperazine rings is 1. The molecule has 28 heavy (non-hydrogen) atoms. The Balaban J connectivity index is 1.93. The summed E-state index contributed by atoms with van der Waals surface area (Å²) in [6.45, 7) is 3.60. The first-order valence-corrected chi connectivity index (χ1v) is 11.8. The van der Waals surface area contributed by atoms with Crippen LogP contribution in [0.1, 0.15) is 24.3 Å². The van der Waals surface area contributed by atoms with E-state index in [-0.39, 0.29) is 34.5 Å². The molecular weight excluding hydrogens is 406 g/mol. The first kappa shape index (κ1) is 20.4. The minimum atomic E-state index is -4.08. The number of hydrogen-bond donors (Lipinski definition) is 1. The van der Waals surface area contributed by atoms with E-state index >= 15 is 0 Å². The number of carbonyl (C=O) groups excluding carboxylic acids is 1. The predicted molar refractivity (Wildman–Crippen MR) is 99.8 cm³/mol. The average Bonchev–Trinajstić information content (AvgIpc) is 3.16. The lowest BCUT2D eigenvalue weighted by atomic mass is 10.1. The van der Waals surface area contributed by atoms with E-state index in [0.29, 0.717) is 0 Å². The highest BCUT2D eigenvalue weighted by Crippen LogP contribution is 2.28. The zero-order chi connectivity index (χ0) is 20.7. The van der Waals surface area contributed by atoms with Crippen LogP contribution in [0.3, 0.4) is 0 Å². The third-order valence-corrected chi connectivity index (χ3v) is 7.99. The second-order valence-electron chi connectivity index (χ2n) is 6.82. The maximum Gasteiger partial charge on any atom is 0.273 e. The summed E-state index contributed by atoms with van der Waals surface area (Å²) in [5.74, 6) is -0.321. The summed E-state index contributed by atoms with van der Waals surface area (Å²) in [6.07, 6.45) is 2.29. The van der Waals surface area contributed by atoms with Gasteiger partial charge in [-0.2, -0.15) is 4.31 Å². The number of nitrogens with one attached hydrogen (secondary N) is 1. The fraction of sp³-hybridized carbons (Fsp3) is 0.438. The lowest BCUT2D eigenvalue weighted by Gasteiger charge is -2.43. The van der Waals surface area contributed by atoms with Crippen LogP contribution in [0.15, 0.2) is 40.3 Å². The highest BCUT2D eigenvalue weighted by molar-refractivity contribution is 7.93. The molecule has 2 heterocycles. The number of sulfone groups is 1. The lowest BCUT2D eigenvalue weighted by Crippen LogP contribution is -2.59. The zero-order valence-corrected chi connectivity index (χ0v) is 17.2. The Hall–Kier alpha value is -2.31. The molecule has 1 N–H and O–H groups in total. The number of aromatic amines is 1. The minimum absolute atomic E-state index is 0.0366. The molecule has 0 bridgehead atoms. The van der Waals surface area contributed by atoms with Gasteiger partial charge in [0.25, 0.3) is 5.91 Å². The number of hydrogen-bond acceptors (Lipinski definition) is 7. The molecule has 1 aliphatic rings. The third-order valence-electron chi connectivity index (χ3n) is 4.67. The molecule has 1 fully saturated rings. The number of benzene rings is 1. The van der Waals surface area contributed by atoms with E-state index in [0.717, 1.165) is 6.26 Å². The first-order valence-electron chi connectivity index (χ1n) is 8.51. The molecule has 0 saturated carbocycles. The lowest BCUT2D eigenvalue weighted by molar-refractivity contribution is 0.0500. The minimum Gasteiger partial charge on any atom is -0.332 e. The molecule has 12 heteroatoms. The molecule has 1 saturated heterocycles. The molecule has 10 nitrogen and oxygen atoms in total. The quantitative estimate of drug-likeness (QED) is 0.733. The standard InChI is InChI=1S/C16H21N5O5S2/c1-11-10-21(12(2)9-20(11)16(22)13-8-17-19-18-13)28(25,26)15-7-5-4-6-14(15)27(3,23)24/h4-8,11-12H,9-10H2,1-3H3,(H,17,18,19)/t11-,12+/m0/s1. The van der Waals surface area contributed by atoms with Gasteiger partial charge in [0.2, 0.25) is 10.0 Å². The van der Waals surface area contributed by atoms with Crippen LogP contribution >= 0.6 is 0 Å². The molecule has 1 aromatic heterocycles. The van der Waals surface area contributed by atoms with Gasteiger partial charge in [-0.1, -0.05) is 17.3 Å². The molecule has 1 aromatic carbocycles. The molecule has 2 atom stereocenters. The Labute approximate surface area is 163 Å². The highest BCUT2D eigenvalue weighted by atomic mass is 32.2. The van der Waals surface area contributed by atoms with E-state index < -0.39 is 31.9 Å². The molecule has 0 radical (unpaired) electrons. The summed E-state index contributed by atoms with van der Waals surface area (Å²) in [5.41, 5.74) is 0.220. The summed E-state index contributed by atoms with van der Waals surface area (Å²) in [4.78, 5) is 13.7. The van der Waals surface area contributed by atoms with Gasteiger partial charge in [0.05, 0.1) is 11.1 Å². The second-order valence-corrected chi connectivity index (χ2v) is 10.7. The molecule has 0 aliphatic carbocycles. The molecule has 1 aliphatic heterocycles. The van der Waals surface area contributed by atoms with Gasteiger partial charge in [-0.05, 0) is 26.0 Å². The van der Waals surface area contributed by atoms with Gasteiger partial charge in [0.15, 0.2) is 9.84 Å². The van der Waals surface area contributed by atoms with Gasteiger partial charge in [-0.25, -0.2) is 16.8 Å². The first-order chi connectivity index (χ1) is 13.0. The van der Waals surface area contributed by atoms with Gasteiger partial charge in [-0.3, -0.25) is 9.89 Å². The molecule has 2 aromatic rings. The normalized spacial score (nSPS) is 21.6. The number of amides is 1. The Bertz CT molecular complexity index is 1080. The number of H-pyrrole nitrogens is 1. The van der Waals surface area contributed by atoms with Crippen LogP contribution in [0, 0.1) is 0 Å². The van der Waals surface area contributed by atoms with Crippen LogP contribution < -0.4 is 0 Å². The Morgan fingerprint density at radius 3 is 2.29 bits per heavy atom. The van der Waals surface area contributed by atoms with Crippen molar-refractivity contribution in [2.24, 2.45) is 0 Å². The van der Waals surface area contributed by atoms with E-state index in [1.54, 1.807) is 18.7 Å². The van der Waals surface area contributed by atoms with Crippen molar-refractivity contribution in [3.05, 3.63) is 36.2 Å². The van der Waals surface area contributed by atoms with E-state index in [4.69, 9.17) is 0 Å². The van der Waals surface area contributed by atoms with Gasteiger partial charge < -0.3 is 4.90 Å². The maximum absolute atomic E-state index is 13.2. The molecular formula is C16H21N5O5S2. The SMILES string of the molecule is C[C@@H]1CN(C(=O)c2cnn[nH]2)[C@@H](C)CN1S(=O)(=O)c1ccccc1S(C)(=O)=O. The van der Waals surface area contributed by atoms with E-state index in [2.05, 4.69) is 15.4 Å². The van der Waals surface area contributed by atoms with Crippen LogP contribution in [-0.4, -0.2) is 78.8 Å². The molecule has 3 rings (SSSR count). The topological polar surface area (TPSA) is 133 Å². The van der Waals surface area contributed by atoms with Gasteiger partial charge >= 0.3 is 0 Å². The number of aromatic nitrogens is 3. The Morgan fingerprint density at radius 2 is 1.71 bits per heavy atom. The van der Waals surface area contributed by atoms with Gasteiger partial charge in [-0.15, -0.1) is 5.10 Å². The van der Waals surface area contributed by atoms with E-state index in [1.807, 2.05) is 0 Å². The Morgan fingerprint density at radius 1 is 1.07 bits per heavy atom. The number of nitrogens with zero attached hydrogens (tertiary/aromatic N) is 4. The fourth-order valence-corrected chi connectivity index (χ4v) is 6.57. The van der Waals surface area contributed by atoms with Crippen molar-refractivity contribution >= 4 is 25.8 Å². The highest BCUT2D eigenvalue weighted by Gasteiger charge is 2.40. The van der Waals surface area contributed by atoms with Crippen molar-refractivity contribution in [3.63, 3.8) is 0 Å². The van der Waals surface area contributed by atoms with Gasteiger partial charge in [0, 0.05) is 31.4 Å². The average molecular weight is 428 g/mol. The van der Waals surface area contributed by atoms with Crippen LogP contribution in [0.2, 0.25) is 0 Å². The summed E-state index contributed by atoms with van der Waals surface area (Å²) >= 11 is 0. The second kappa shape index (κ2) is 7.26. The third kappa shape index (κ3) is 3.66. The largest absolute Gasteiger partial charge is 0.332 e. The van der Waals surface area contributed by atoms with Crippen molar-refractivity contribution in [3.8, 4) is 0 Å². The van der Waals surface area contributed by atoms with Gasteiger partial charge in [0.1, 0.15) is 10.6 Å². The summed E-state index contributed by atoms with van der Waals surface area (Å²) in [6, 6.07) is 4.57. The number of sulfonamides is 1. The molecule has 1 amide bonds. The van der Waals surface area contributed by atoms with Crippen molar-refractivity contribution in [2.75, 3.05) is 19.3 Å². The van der Waals surface area contributed by atoms with Crippen molar-refractivity contribution < 1.29 is 21.6 Å². The Kier molecular flexibility index (Phi) is 5.30.